The Morgan fingerprint density at radius 3 is 2.46 bits per heavy atom. The van der Waals surface area contributed by atoms with Crippen molar-refractivity contribution in [2.75, 3.05) is 11.6 Å². The number of aromatic nitrogens is 1. The van der Waals surface area contributed by atoms with Gasteiger partial charge in [-0.3, -0.25) is 4.98 Å². The van der Waals surface area contributed by atoms with Crippen LogP contribution >= 0.6 is 15.9 Å². The van der Waals surface area contributed by atoms with Gasteiger partial charge in [0, 0.05) is 27.4 Å². The number of halogens is 1. The fourth-order valence-electron chi connectivity index (χ4n) is 2.42. The molecule has 124 valence electrons. The van der Waals surface area contributed by atoms with Crippen molar-refractivity contribution in [1.29, 1.82) is 0 Å². The van der Waals surface area contributed by atoms with Gasteiger partial charge < -0.3 is 9.33 Å². The van der Waals surface area contributed by atoms with E-state index in [1.54, 1.807) is 0 Å². The van der Waals surface area contributed by atoms with E-state index >= 15 is 0 Å². The standard InChI is InChI=1S/C19H21BrN2OSi/c1-24(2,3)23-14-22(17-7-5-4-6-8-17)18-9-10-19-15(12-18)11-16(20)13-21-19/h4-13H,14H2,1-3H3. The van der Waals surface area contributed by atoms with E-state index in [-0.39, 0.29) is 0 Å². The molecule has 5 heteroatoms. The molecule has 2 aromatic carbocycles. The largest absolute Gasteiger partial charge is 0.400 e. The molecular formula is C19H21BrN2OSi. The topological polar surface area (TPSA) is 25.4 Å². The zero-order valence-electron chi connectivity index (χ0n) is 14.2. The molecule has 0 amide bonds. The molecule has 0 N–H and O–H groups in total. The molecule has 0 radical (unpaired) electrons. The molecular weight excluding hydrogens is 380 g/mol. The van der Waals surface area contributed by atoms with Gasteiger partial charge in [-0.05, 0) is 72.0 Å². The first-order chi connectivity index (χ1) is 11.4. The zero-order valence-corrected chi connectivity index (χ0v) is 16.7. The molecule has 3 aromatic rings. The molecule has 1 aromatic heterocycles. The Kier molecular flexibility index (Phi) is 5.03. The summed E-state index contributed by atoms with van der Waals surface area (Å²) in [7, 11) is -1.61. The van der Waals surface area contributed by atoms with Gasteiger partial charge in [0.1, 0.15) is 6.73 Å². The van der Waals surface area contributed by atoms with Crippen LogP contribution in [-0.4, -0.2) is 20.0 Å². The van der Waals surface area contributed by atoms with Crippen molar-refractivity contribution in [1.82, 2.24) is 4.98 Å². The second kappa shape index (κ2) is 7.05. The summed E-state index contributed by atoms with van der Waals surface area (Å²) in [5.74, 6) is 0. The quantitative estimate of drug-likeness (QED) is 0.391. The minimum atomic E-state index is -1.61. The number of pyridine rings is 1. The molecule has 1 heterocycles. The molecule has 0 saturated heterocycles. The Bertz CT molecular complexity index is 834. The van der Waals surface area contributed by atoms with Crippen LogP contribution in [0.5, 0.6) is 0 Å². The zero-order chi connectivity index (χ0) is 17.2. The number of rotatable bonds is 5. The molecule has 0 aliphatic carbocycles. The molecule has 3 rings (SSSR count). The highest BCUT2D eigenvalue weighted by Gasteiger charge is 2.18. The third-order valence-electron chi connectivity index (χ3n) is 3.64. The van der Waals surface area contributed by atoms with Gasteiger partial charge in [-0.1, -0.05) is 18.2 Å². The van der Waals surface area contributed by atoms with Crippen molar-refractivity contribution < 1.29 is 4.43 Å². The third-order valence-corrected chi connectivity index (χ3v) is 5.07. The Morgan fingerprint density at radius 2 is 1.75 bits per heavy atom. The molecule has 0 saturated carbocycles. The number of anilines is 2. The number of hydrogen-bond acceptors (Lipinski definition) is 3. The van der Waals surface area contributed by atoms with Crippen molar-refractivity contribution in [3.8, 4) is 0 Å². The summed E-state index contributed by atoms with van der Waals surface area (Å²) in [6.45, 7) is 7.17. The Balaban J connectivity index is 2.01. The lowest BCUT2D eigenvalue weighted by Crippen LogP contribution is -2.32. The van der Waals surface area contributed by atoms with Gasteiger partial charge in [0.05, 0.1) is 5.52 Å². The first-order valence-corrected chi connectivity index (χ1v) is 12.1. The summed E-state index contributed by atoms with van der Waals surface area (Å²) in [4.78, 5) is 6.66. The fraction of sp³-hybridized carbons (Fsp3) is 0.211. The highest BCUT2D eigenvalue weighted by atomic mass is 79.9. The maximum absolute atomic E-state index is 6.18. The predicted molar refractivity (Wildman–Crippen MR) is 107 cm³/mol. The third kappa shape index (κ3) is 4.23. The van der Waals surface area contributed by atoms with Crippen molar-refractivity contribution in [2.45, 2.75) is 19.6 Å². The predicted octanol–water partition coefficient (Wildman–Crippen LogP) is 5.94. The van der Waals surface area contributed by atoms with E-state index in [1.165, 1.54) is 0 Å². The van der Waals surface area contributed by atoms with Crippen LogP contribution in [0.1, 0.15) is 0 Å². The summed E-state index contributed by atoms with van der Waals surface area (Å²) in [5.41, 5.74) is 3.21. The van der Waals surface area contributed by atoms with Crippen molar-refractivity contribution in [3.05, 3.63) is 65.3 Å². The highest BCUT2D eigenvalue weighted by molar-refractivity contribution is 9.10. The number of fused-ring (bicyclic) bond motifs is 1. The minimum Gasteiger partial charge on any atom is -0.400 e. The molecule has 0 unspecified atom stereocenters. The van der Waals surface area contributed by atoms with Crippen LogP contribution in [0, 0.1) is 0 Å². The van der Waals surface area contributed by atoms with Crippen LogP contribution in [0.2, 0.25) is 19.6 Å². The number of benzene rings is 2. The number of para-hydroxylation sites is 1. The van der Waals surface area contributed by atoms with Crippen molar-refractivity contribution in [2.24, 2.45) is 0 Å². The van der Waals surface area contributed by atoms with E-state index in [0.29, 0.717) is 6.73 Å². The minimum absolute atomic E-state index is 0.548. The second-order valence-electron chi connectivity index (χ2n) is 6.68. The van der Waals surface area contributed by atoms with E-state index in [2.05, 4.69) is 94.0 Å². The Morgan fingerprint density at radius 1 is 1.00 bits per heavy atom. The van der Waals surface area contributed by atoms with E-state index in [1.807, 2.05) is 12.3 Å². The monoisotopic (exact) mass is 400 g/mol. The van der Waals surface area contributed by atoms with Crippen LogP contribution < -0.4 is 4.90 Å². The van der Waals surface area contributed by atoms with Crippen molar-refractivity contribution in [3.63, 3.8) is 0 Å². The van der Waals surface area contributed by atoms with Crippen LogP contribution in [0.25, 0.3) is 10.9 Å². The second-order valence-corrected chi connectivity index (χ2v) is 12.1. The van der Waals surface area contributed by atoms with Gasteiger partial charge in [-0.15, -0.1) is 0 Å². The van der Waals surface area contributed by atoms with Gasteiger partial charge in [-0.2, -0.15) is 0 Å². The summed E-state index contributed by atoms with van der Waals surface area (Å²) < 4.78 is 7.16. The van der Waals surface area contributed by atoms with Crippen LogP contribution in [0.4, 0.5) is 11.4 Å². The lowest BCUT2D eigenvalue weighted by molar-refractivity contribution is 0.321. The highest BCUT2D eigenvalue weighted by Crippen LogP contribution is 2.29. The van der Waals surface area contributed by atoms with Gasteiger partial charge in [0.2, 0.25) is 0 Å². The van der Waals surface area contributed by atoms with Crippen molar-refractivity contribution >= 4 is 46.5 Å². The average molecular weight is 401 g/mol. The van der Waals surface area contributed by atoms with E-state index in [4.69, 9.17) is 4.43 Å². The number of hydrogen-bond donors (Lipinski definition) is 0. The van der Waals surface area contributed by atoms with Crippen LogP contribution in [0.3, 0.4) is 0 Å². The smallest absolute Gasteiger partial charge is 0.186 e. The van der Waals surface area contributed by atoms with E-state index in [0.717, 1.165) is 26.8 Å². The summed E-state index contributed by atoms with van der Waals surface area (Å²) >= 11 is 3.50. The van der Waals surface area contributed by atoms with Crippen LogP contribution in [-0.2, 0) is 4.43 Å². The van der Waals surface area contributed by atoms with Gasteiger partial charge in [0.25, 0.3) is 0 Å². The van der Waals surface area contributed by atoms with E-state index < -0.39 is 8.32 Å². The van der Waals surface area contributed by atoms with Gasteiger partial charge in [-0.25, -0.2) is 0 Å². The molecule has 0 fully saturated rings. The number of nitrogens with zero attached hydrogens (tertiary/aromatic N) is 2. The first-order valence-electron chi connectivity index (χ1n) is 7.94. The first kappa shape index (κ1) is 17.1. The molecule has 0 aliphatic rings. The lowest BCUT2D eigenvalue weighted by Gasteiger charge is -2.29. The van der Waals surface area contributed by atoms with Gasteiger partial charge >= 0.3 is 0 Å². The molecule has 0 atom stereocenters. The maximum atomic E-state index is 6.18. The molecule has 0 spiro atoms. The molecule has 3 nitrogen and oxygen atoms in total. The molecule has 0 bridgehead atoms. The normalized spacial score (nSPS) is 11.7. The van der Waals surface area contributed by atoms with E-state index in [9.17, 15) is 0 Å². The average Bonchev–Trinajstić information content (AvgIpc) is 2.54. The summed E-state index contributed by atoms with van der Waals surface area (Å²) in [6.07, 6.45) is 1.82. The van der Waals surface area contributed by atoms with Gasteiger partial charge in [0.15, 0.2) is 8.32 Å². The SMILES string of the molecule is C[Si](C)(C)OCN(c1ccccc1)c1ccc2ncc(Br)cc2c1. The Hall–Kier alpha value is -1.69. The van der Waals surface area contributed by atoms with Crippen LogP contribution in [0.15, 0.2) is 65.3 Å². The lowest BCUT2D eigenvalue weighted by atomic mass is 10.2. The molecule has 24 heavy (non-hydrogen) atoms. The molecule has 0 aliphatic heterocycles. The summed E-state index contributed by atoms with van der Waals surface area (Å²) in [5, 5.41) is 1.11. The maximum Gasteiger partial charge on any atom is 0.186 e. The summed E-state index contributed by atoms with van der Waals surface area (Å²) in [6, 6.07) is 18.8. The Labute approximate surface area is 152 Å². The fourth-order valence-corrected chi connectivity index (χ4v) is 3.29.